The molecule has 0 radical (unpaired) electrons. The highest BCUT2D eigenvalue weighted by molar-refractivity contribution is 5.39. The molecule has 1 aliphatic rings. The molecule has 70 valence electrons. The topological polar surface area (TPSA) is 16.1 Å². The lowest BCUT2D eigenvalue weighted by atomic mass is 10.1. The van der Waals surface area contributed by atoms with E-state index in [4.69, 9.17) is 0 Å². The average molecular weight is 176 g/mol. The summed E-state index contributed by atoms with van der Waals surface area (Å²) in [7, 11) is 0. The molecule has 1 aromatic rings. The van der Waals surface area contributed by atoms with Crippen molar-refractivity contribution in [2.24, 2.45) is 0 Å². The lowest BCUT2D eigenvalue weighted by Crippen LogP contribution is -2.29. The predicted molar refractivity (Wildman–Crippen MR) is 55.0 cm³/mol. The van der Waals surface area contributed by atoms with Gasteiger partial charge in [0.25, 0.3) is 0 Å². The number of anilines is 1. The quantitative estimate of drug-likeness (QED) is 0.653. The van der Waals surface area contributed by atoms with Crippen LogP contribution in [-0.4, -0.2) is 18.1 Å². The fraction of sp³-hybridized carbons (Fsp3) is 0.545. The zero-order valence-corrected chi connectivity index (χ0v) is 8.16. The second-order valence-corrected chi connectivity index (χ2v) is 3.74. The largest absolute Gasteiger partial charge is 0.357 e. The second kappa shape index (κ2) is 3.77. The van der Waals surface area contributed by atoms with Gasteiger partial charge in [-0.2, -0.15) is 0 Å². The summed E-state index contributed by atoms with van der Waals surface area (Å²) in [6, 6.07) is 4.26. The van der Waals surface area contributed by atoms with Gasteiger partial charge < -0.3 is 4.90 Å². The first kappa shape index (κ1) is 8.54. The maximum Gasteiger partial charge on any atom is 0.128 e. The van der Waals surface area contributed by atoms with Crippen LogP contribution in [0.4, 0.5) is 5.82 Å². The van der Waals surface area contributed by atoms with Gasteiger partial charge in [-0.3, -0.25) is 0 Å². The summed E-state index contributed by atoms with van der Waals surface area (Å²) in [4.78, 5) is 6.81. The molecule has 1 saturated heterocycles. The molecule has 0 N–H and O–H groups in total. The van der Waals surface area contributed by atoms with E-state index in [2.05, 4.69) is 28.9 Å². The Bertz CT molecular complexity index is 260. The summed E-state index contributed by atoms with van der Waals surface area (Å²) >= 11 is 0. The van der Waals surface area contributed by atoms with Crippen molar-refractivity contribution in [1.82, 2.24) is 4.98 Å². The zero-order valence-electron chi connectivity index (χ0n) is 8.16. The van der Waals surface area contributed by atoms with Crippen molar-refractivity contribution in [3.63, 3.8) is 0 Å². The molecule has 2 heteroatoms. The van der Waals surface area contributed by atoms with Gasteiger partial charge in [-0.25, -0.2) is 4.98 Å². The molecular formula is C11H16N2. The van der Waals surface area contributed by atoms with Gasteiger partial charge in [0.05, 0.1) is 0 Å². The minimum atomic E-state index is 1.14. The van der Waals surface area contributed by atoms with Crippen LogP contribution in [0.25, 0.3) is 0 Å². The Morgan fingerprint density at radius 2 is 1.92 bits per heavy atom. The van der Waals surface area contributed by atoms with Crippen LogP contribution in [0.5, 0.6) is 0 Å². The van der Waals surface area contributed by atoms with Crippen LogP contribution in [0.2, 0.25) is 0 Å². The Hall–Kier alpha value is -1.05. The minimum Gasteiger partial charge on any atom is -0.357 e. The lowest BCUT2D eigenvalue weighted by molar-refractivity contribution is 0.573. The van der Waals surface area contributed by atoms with Crippen molar-refractivity contribution in [3.8, 4) is 0 Å². The van der Waals surface area contributed by atoms with Crippen molar-refractivity contribution in [3.05, 3.63) is 23.9 Å². The second-order valence-electron chi connectivity index (χ2n) is 3.74. The van der Waals surface area contributed by atoms with Gasteiger partial charge in [0, 0.05) is 19.3 Å². The Labute approximate surface area is 79.6 Å². The van der Waals surface area contributed by atoms with Gasteiger partial charge in [-0.15, -0.1) is 0 Å². The van der Waals surface area contributed by atoms with Crippen molar-refractivity contribution < 1.29 is 0 Å². The zero-order chi connectivity index (χ0) is 9.10. The van der Waals surface area contributed by atoms with E-state index in [0.717, 1.165) is 5.82 Å². The predicted octanol–water partition coefficient (Wildman–Crippen LogP) is 2.38. The van der Waals surface area contributed by atoms with Gasteiger partial charge >= 0.3 is 0 Å². The van der Waals surface area contributed by atoms with E-state index in [1.807, 2.05) is 6.20 Å². The van der Waals surface area contributed by atoms with E-state index in [0.29, 0.717) is 0 Å². The molecule has 0 unspecified atom stereocenters. The highest BCUT2D eigenvalue weighted by Crippen LogP contribution is 2.16. The average Bonchev–Trinajstić information content (AvgIpc) is 2.20. The fourth-order valence-corrected chi connectivity index (χ4v) is 1.77. The molecule has 0 bridgehead atoms. The van der Waals surface area contributed by atoms with Gasteiger partial charge in [0.2, 0.25) is 0 Å². The third-order valence-electron chi connectivity index (χ3n) is 2.58. The van der Waals surface area contributed by atoms with Gasteiger partial charge in [-0.1, -0.05) is 6.07 Å². The number of piperidine rings is 1. The number of hydrogen-bond acceptors (Lipinski definition) is 2. The summed E-state index contributed by atoms with van der Waals surface area (Å²) in [5.41, 5.74) is 1.24. The Morgan fingerprint density at radius 3 is 2.54 bits per heavy atom. The molecule has 0 saturated carbocycles. The van der Waals surface area contributed by atoms with Crippen LogP contribution in [-0.2, 0) is 0 Å². The molecule has 0 aromatic carbocycles. The van der Waals surface area contributed by atoms with Gasteiger partial charge in [-0.05, 0) is 37.8 Å². The van der Waals surface area contributed by atoms with E-state index in [9.17, 15) is 0 Å². The molecule has 2 nitrogen and oxygen atoms in total. The van der Waals surface area contributed by atoms with E-state index < -0.39 is 0 Å². The standard InChI is InChI=1S/C11H16N2/c1-10-5-6-11(12-9-10)13-7-3-2-4-8-13/h5-6,9H,2-4,7-8H2,1H3. The van der Waals surface area contributed by atoms with Crippen LogP contribution < -0.4 is 4.90 Å². The summed E-state index contributed by atoms with van der Waals surface area (Å²) < 4.78 is 0. The minimum absolute atomic E-state index is 1.14. The molecule has 2 heterocycles. The number of aryl methyl sites for hydroxylation is 1. The SMILES string of the molecule is Cc1ccc(N2CCCCC2)nc1. The molecule has 0 spiro atoms. The van der Waals surface area contributed by atoms with Crippen molar-refractivity contribution in [2.45, 2.75) is 26.2 Å². The summed E-state index contributed by atoms with van der Waals surface area (Å²) in [5.74, 6) is 1.14. The maximum atomic E-state index is 4.43. The number of pyridine rings is 1. The first-order valence-corrected chi connectivity index (χ1v) is 5.04. The van der Waals surface area contributed by atoms with Crippen LogP contribution in [0.15, 0.2) is 18.3 Å². The molecule has 1 fully saturated rings. The summed E-state index contributed by atoms with van der Waals surface area (Å²) in [6.07, 6.45) is 5.96. The highest BCUT2D eigenvalue weighted by atomic mass is 15.2. The molecule has 0 aliphatic carbocycles. The number of rotatable bonds is 1. The molecule has 0 atom stereocenters. The van der Waals surface area contributed by atoms with Crippen molar-refractivity contribution in [1.29, 1.82) is 0 Å². The maximum absolute atomic E-state index is 4.43. The normalized spacial score (nSPS) is 17.5. The number of hydrogen-bond donors (Lipinski definition) is 0. The van der Waals surface area contributed by atoms with Crippen LogP contribution in [0.1, 0.15) is 24.8 Å². The third kappa shape index (κ3) is 2.00. The first-order chi connectivity index (χ1) is 6.36. The van der Waals surface area contributed by atoms with E-state index in [1.165, 1.54) is 37.9 Å². The smallest absolute Gasteiger partial charge is 0.128 e. The lowest BCUT2D eigenvalue weighted by Gasteiger charge is -2.27. The Balaban J connectivity index is 2.10. The van der Waals surface area contributed by atoms with E-state index in [1.54, 1.807) is 0 Å². The van der Waals surface area contributed by atoms with Crippen molar-refractivity contribution >= 4 is 5.82 Å². The van der Waals surface area contributed by atoms with E-state index in [-0.39, 0.29) is 0 Å². The summed E-state index contributed by atoms with van der Waals surface area (Å²) in [5, 5.41) is 0. The fourth-order valence-electron chi connectivity index (χ4n) is 1.77. The summed E-state index contributed by atoms with van der Waals surface area (Å²) in [6.45, 7) is 4.43. The molecule has 13 heavy (non-hydrogen) atoms. The van der Waals surface area contributed by atoms with Gasteiger partial charge in [0.1, 0.15) is 5.82 Å². The monoisotopic (exact) mass is 176 g/mol. The van der Waals surface area contributed by atoms with Crippen molar-refractivity contribution in [2.75, 3.05) is 18.0 Å². The van der Waals surface area contributed by atoms with Gasteiger partial charge in [0.15, 0.2) is 0 Å². The first-order valence-electron chi connectivity index (χ1n) is 5.04. The van der Waals surface area contributed by atoms with Crippen LogP contribution >= 0.6 is 0 Å². The van der Waals surface area contributed by atoms with Crippen LogP contribution in [0, 0.1) is 6.92 Å². The molecule has 2 rings (SSSR count). The number of nitrogens with zero attached hydrogens (tertiary/aromatic N) is 2. The third-order valence-corrected chi connectivity index (χ3v) is 2.58. The Kier molecular flexibility index (Phi) is 2.48. The highest BCUT2D eigenvalue weighted by Gasteiger charge is 2.10. The number of aromatic nitrogens is 1. The van der Waals surface area contributed by atoms with Crippen LogP contribution in [0.3, 0.4) is 0 Å². The Morgan fingerprint density at radius 1 is 1.15 bits per heavy atom. The molecule has 1 aliphatic heterocycles. The van der Waals surface area contributed by atoms with E-state index >= 15 is 0 Å². The molecule has 0 amide bonds. The molecule has 1 aromatic heterocycles. The molecular weight excluding hydrogens is 160 g/mol.